The Kier molecular flexibility index (Phi) is 3.29. The molecule has 1 heterocycles. The highest BCUT2D eigenvalue weighted by atomic mass is 16.6. The van der Waals surface area contributed by atoms with Crippen molar-refractivity contribution in [2.24, 2.45) is 5.73 Å². The van der Waals surface area contributed by atoms with Gasteiger partial charge in [0.25, 0.3) is 11.6 Å². The predicted molar refractivity (Wildman–Crippen MR) is 66.3 cm³/mol. The van der Waals surface area contributed by atoms with E-state index in [4.69, 9.17) is 5.73 Å². The Labute approximate surface area is 105 Å². The summed E-state index contributed by atoms with van der Waals surface area (Å²) < 4.78 is 0. The number of nitro benzene ring substituents is 1. The van der Waals surface area contributed by atoms with Crippen LogP contribution in [0.4, 0.5) is 5.69 Å². The molecular weight excluding hydrogens is 234 g/mol. The second-order valence-corrected chi connectivity index (χ2v) is 4.61. The molecular formula is C12H15N3O3. The molecule has 0 radical (unpaired) electrons. The average Bonchev–Trinajstić information content (AvgIpc) is 2.74. The Bertz CT molecular complexity index is 501. The van der Waals surface area contributed by atoms with Crippen LogP contribution in [-0.2, 0) is 0 Å². The average molecular weight is 249 g/mol. The minimum Gasteiger partial charge on any atom is -0.337 e. The van der Waals surface area contributed by atoms with E-state index in [2.05, 4.69) is 0 Å². The van der Waals surface area contributed by atoms with Gasteiger partial charge in [-0.3, -0.25) is 14.9 Å². The van der Waals surface area contributed by atoms with E-state index >= 15 is 0 Å². The highest BCUT2D eigenvalue weighted by Crippen LogP contribution is 2.19. The van der Waals surface area contributed by atoms with E-state index in [-0.39, 0.29) is 17.6 Å². The van der Waals surface area contributed by atoms with Crippen LogP contribution in [0.2, 0.25) is 0 Å². The maximum atomic E-state index is 12.2. The van der Waals surface area contributed by atoms with Crippen LogP contribution in [0.5, 0.6) is 0 Å². The molecule has 1 aromatic rings. The third kappa shape index (κ3) is 2.48. The normalized spacial score (nSPS) is 19.0. The van der Waals surface area contributed by atoms with E-state index < -0.39 is 4.92 Å². The molecule has 1 atom stereocenters. The van der Waals surface area contributed by atoms with Crippen LogP contribution >= 0.6 is 0 Å². The van der Waals surface area contributed by atoms with Gasteiger partial charge in [-0.1, -0.05) is 0 Å². The lowest BCUT2D eigenvalue weighted by Gasteiger charge is -2.15. The van der Waals surface area contributed by atoms with Crippen LogP contribution < -0.4 is 5.73 Å². The second-order valence-electron chi connectivity index (χ2n) is 4.61. The molecule has 1 aliphatic rings. The van der Waals surface area contributed by atoms with Gasteiger partial charge in [0.2, 0.25) is 0 Å². The van der Waals surface area contributed by atoms with Gasteiger partial charge in [-0.05, 0) is 25.0 Å². The summed E-state index contributed by atoms with van der Waals surface area (Å²) in [5.41, 5.74) is 6.75. The minimum absolute atomic E-state index is 0.00810. The van der Waals surface area contributed by atoms with Gasteiger partial charge in [0.15, 0.2) is 0 Å². The first-order valence-corrected chi connectivity index (χ1v) is 5.78. The topological polar surface area (TPSA) is 89.5 Å². The van der Waals surface area contributed by atoms with E-state index in [1.54, 1.807) is 17.9 Å². The molecule has 96 valence electrons. The largest absolute Gasteiger partial charge is 0.337 e. The zero-order valence-corrected chi connectivity index (χ0v) is 10.1. The number of likely N-dealkylation sites (tertiary alicyclic amines) is 1. The van der Waals surface area contributed by atoms with Crippen molar-refractivity contribution in [1.29, 1.82) is 0 Å². The third-order valence-electron chi connectivity index (χ3n) is 3.03. The van der Waals surface area contributed by atoms with Gasteiger partial charge >= 0.3 is 0 Å². The lowest BCUT2D eigenvalue weighted by molar-refractivity contribution is -0.384. The lowest BCUT2D eigenvalue weighted by Crippen LogP contribution is -2.31. The molecule has 18 heavy (non-hydrogen) atoms. The SMILES string of the molecule is Cc1cc(C(=O)N2CC[C@H](N)C2)cc([N+](=O)[O-])c1. The Morgan fingerprint density at radius 1 is 1.50 bits per heavy atom. The fourth-order valence-corrected chi connectivity index (χ4v) is 2.15. The van der Waals surface area contributed by atoms with E-state index in [9.17, 15) is 14.9 Å². The van der Waals surface area contributed by atoms with Crippen molar-refractivity contribution >= 4 is 11.6 Å². The van der Waals surface area contributed by atoms with Crippen LogP contribution in [0.25, 0.3) is 0 Å². The molecule has 6 heteroatoms. The van der Waals surface area contributed by atoms with Gasteiger partial charge in [0.05, 0.1) is 4.92 Å². The molecule has 1 aliphatic heterocycles. The van der Waals surface area contributed by atoms with Gasteiger partial charge in [-0.25, -0.2) is 0 Å². The first-order valence-electron chi connectivity index (χ1n) is 5.78. The number of hydrogen-bond acceptors (Lipinski definition) is 4. The van der Waals surface area contributed by atoms with Crippen molar-refractivity contribution in [1.82, 2.24) is 4.90 Å². The maximum Gasteiger partial charge on any atom is 0.270 e. The maximum absolute atomic E-state index is 12.2. The number of rotatable bonds is 2. The standard InChI is InChI=1S/C12H15N3O3/c1-8-4-9(6-11(5-8)15(17)18)12(16)14-3-2-10(13)7-14/h4-6,10H,2-3,7,13H2,1H3/t10-/m0/s1. The molecule has 2 N–H and O–H groups in total. The number of carbonyl (C=O) groups excluding carboxylic acids is 1. The number of nitro groups is 1. The van der Waals surface area contributed by atoms with Crippen LogP contribution in [-0.4, -0.2) is 34.9 Å². The molecule has 0 aromatic heterocycles. The fraction of sp³-hybridized carbons (Fsp3) is 0.417. The molecule has 1 aromatic carbocycles. The molecule has 2 rings (SSSR count). The Morgan fingerprint density at radius 3 is 2.78 bits per heavy atom. The van der Waals surface area contributed by atoms with Crippen molar-refractivity contribution < 1.29 is 9.72 Å². The number of aryl methyl sites for hydroxylation is 1. The summed E-state index contributed by atoms with van der Waals surface area (Å²) >= 11 is 0. The van der Waals surface area contributed by atoms with E-state index in [1.807, 2.05) is 0 Å². The van der Waals surface area contributed by atoms with Crippen molar-refractivity contribution in [3.05, 3.63) is 39.4 Å². The summed E-state index contributed by atoms with van der Waals surface area (Å²) in [4.78, 5) is 24.1. The zero-order chi connectivity index (χ0) is 13.3. The number of hydrogen-bond donors (Lipinski definition) is 1. The summed E-state index contributed by atoms with van der Waals surface area (Å²) in [6.07, 6.45) is 0.777. The van der Waals surface area contributed by atoms with E-state index in [0.29, 0.717) is 24.2 Å². The molecule has 1 saturated heterocycles. The van der Waals surface area contributed by atoms with Crippen LogP contribution in [0.1, 0.15) is 22.3 Å². The predicted octanol–water partition coefficient (Wildman–Crippen LogP) is 1.08. The van der Waals surface area contributed by atoms with Crippen LogP contribution in [0.3, 0.4) is 0 Å². The Hall–Kier alpha value is -1.95. The van der Waals surface area contributed by atoms with Crippen molar-refractivity contribution in [2.75, 3.05) is 13.1 Å². The highest BCUT2D eigenvalue weighted by molar-refractivity contribution is 5.95. The van der Waals surface area contributed by atoms with Gasteiger partial charge < -0.3 is 10.6 Å². The van der Waals surface area contributed by atoms with Crippen LogP contribution in [0.15, 0.2) is 18.2 Å². The van der Waals surface area contributed by atoms with Gasteiger partial charge in [-0.2, -0.15) is 0 Å². The third-order valence-corrected chi connectivity index (χ3v) is 3.03. The molecule has 0 saturated carbocycles. The molecule has 0 bridgehead atoms. The first kappa shape index (κ1) is 12.5. The number of nitrogens with two attached hydrogens (primary N) is 1. The molecule has 1 fully saturated rings. The van der Waals surface area contributed by atoms with E-state index in [0.717, 1.165) is 6.42 Å². The smallest absolute Gasteiger partial charge is 0.270 e. The summed E-state index contributed by atoms with van der Waals surface area (Å²) in [6, 6.07) is 4.44. The molecule has 6 nitrogen and oxygen atoms in total. The number of amides is 1. The Morgan fingerprint density at radius 2 is 2.22 bits per heavy atom. The first-order chi connectivity index (χ1) is 8.47. The number of nitrogens with zero attached hydrogens (tertiary/aromatic N) is 2. The van der Waals surface area contributed by atoms with Gasteiger partial charge in [0.1, 0.15) is 0 Å². The van der Waals surface area contributed by atoms with Gasteiger partial charge in [0, 0.05) is 36.8 Å². The van der Waals surface area contributed by atoms with Crippen molar-refractivity contribution in [3.8, 4) is 0 Å². The summed E-state index contributed by atoms with van der Waals surface area (Å²) in [7, 11) is 0. The number of carbonyl (C=O) groups is 1. The lowest BCUT2D eigenvalue weighted by atomic mass is 10.1. The number of non-ortho nitro benzene ring substituents is 1. The summed E-state index contributed by atoms with van der Waals surface area (Å²) in [5.74, 6) is -0.185. The van der Waals surface area contributed by atoms with E-state index in [1.165, 1.54) is 12.1 Å². The molecule has 0 aliphatic carbocycles. The monoisotopic (exact) mass is 249 g/mol. The molecule has 0 unspecified atom stereocenters. The zero-order valence-electron chi connectivity index (χ0n) is 10.1. The van der Waals surface area contributed by atoms with Crippen LogP contribution in [0, 0.1) is 17.0 Å². The quantitative estimate of drug-likeness (QED) is 0.627. The van der Waals surface area contributed by atoms with Gasteiger partial charge in [-0.15, -0.1) is 0 Å². The Balaban J connectivity index is 2.27. The second kappa shape index (κ2) is 4.73. The fourth-order valence-electron chi connectivity index (χ4n) is 2.15. The minimum atomic E-state index is -0.487. The van der Waals surface area contributed by atoms with Crippen molar-refractivity contribution in [2.45, 2.75) is 19.4 Å². The highest BCUT2D eigenvalue weighted by Gasteiger charge is 2.25. The molecule has 1 amide bonds. The summed E-state index contributed by atoms with van der Waals surface area (Å²) in [5, 5.41) is 10.8. The van der Waals surface area contributed by atoms with Crippen molar-refractivity contribution in [3.63, 3.8) is 0 Å². The summed E-state index contributed by atoms with van der Waals surface area (Å²) in [6.45, 7) is 2.86. The number of benzene rings is 1. The molecule has 0 spiro atoms.